The Morgan fingerprint density at radius 1 is 0.727 bits per heavy atom. The van der Waals surface area contributed by atoms with Crippen LogP contribution in [0, 0.1) is 0 Å². The molecule has 0 aromatic heterocycles. The zero-order valence-electron chi connectivity index (χ0n) is 11.8. The monoisotopic (exact) mass is 310 g/mol. The highest BCUT2D eigenvalue weighted by molar-refractivity contribution is 5.96. The van der Waals surface area contributed by atoms with E-state index in [2.05, 4.69) is 0 Å². The highest BCUT2D eigenvalue weighted by Gasteiger charge is 2.02. The minimum Gasteiger partial charge on any atom is -0.481 e. The zero-order chi connectivity index (χ0) is 17.1. The van der Waals surface area contributed by atoms with Gasteiger partial charge in [0.2, 0.25) is 11.8 Å². The molecule has 1 aromatic rings. The third-order valence-corrected chi connectivity index (χ3v) is 2.49. The molecule has 0 fully saturated rings. The van der Waals surface area contributed by atoms with E-state index in [1.54, 1.807) is 0 Å². The molecule has 8 nitrogen and oxygen atoms in total. The van der Waals surface area contributed by atoms with Crippen molar-refractivity contribution < 1.29 is 29.4 Å². The number of nitrogens with two attached hydrogens (primary N) is 2. The zero-order valence-corrected chi connectivity index (χ0v) is 11.8. The van der Waals surface area contributed by atoms with E-state index >= 15 is 0 Å². The molecule has 0 heterocycles. The van der Waals surface area contributed by atoms with Crippen LogP contribution < -0.4 is 11.5 Å². The van der Waals surface area contributed by atoms with Crippen molar-refractivity contribution in [2.24, 2.45) is 11.5 Å². The van der Waals surface area contributed by atoms with Gasteiger partial charge in [-0.2, -0.15) is 0 Å². The Hall–Kier alpha value is -2.90. The maximum atomic E-state index is 10.6. The van der Waals surface area contributed by atoms with Gasteiger partial charge in [0.15, 0.2) is 0 Å². The molecular formula is C14H18N2O6. The first-order valence-electron chi connectivity index (χ1n) is 6.37. The molecule has 2 amide bonds. The van der Waals surface area contributed by atoms with E-state index < -0.39 is 23.8 Å². The Bertz CT molecular complexity index is 490. The summed E-state index contributed by atoms with van der Waals surface area (Å²) in [4.78, 5) is 41.0. The molecule has 0 aliphatic heterocycles. The van der Waals surface area contributed by atoms with E-state index in [4.69, 9.17) is 21.7 Å². The number of carboxylic acid groups (broad SMARTS) is 2. The van der Waals surface area contributed by atoms with Crippen LogP contribution in [0.1, 0.15) is 46.4 Å². The van der Waals surface area contributed by atoms with Crippen molar-refractivity contribution in [1.82, 2.24) is 0 Å². The van der Waals surface area contributed by atoms with Crippen LogP contribution in [0.5, 0.6) is 0 Å². The number of benzene rings is 1. The molecule has 0 unspecified atom stereocenters. The molecule has 1 aromatic carbocycles. The van der Waals surface area contributed by atoms with Crippen molar-refractivity contribution in [3.05, 3.63) is 35.4 Å². The van der Waals surface area contributed by atoms with Crippen LogP contribution in [0.3, 0.4) is 0 Å². The van der Waals surface area contributed by atoms with E-state index in [9.17, 15) is 19.2 Å². The average Bonchev–Trinajstić information content (AvgIpc) is 2.44. The third-order valence-electron chi connectivity index (χ3n) is 2.49. The van der Waals surface area contributed by atoms with E-state index in [0.717, 1.165) is 0 Å². The van der Waals surface area contributed by atoms with Crippen molar-refractivity contribution in [3.8, 4) is 0 Å². The topological polar surface area (TPSA) is 161 Å². The molecule has 0 bridgehead atoms. The number of carbonyl (C=O) groups is 4. The van der Waals surface area contributed by atoms with Crippen LogP contribution in [0.4, 0.5) is 0 Å². The van der Waals surface area contributed by atoms with E-state index in [1.807, 2.05) is 0 Å². The second kappa shape index (κ2) is 9.92. The fourth-order valence-corrected chi connectivity index (χ4v) is 1.35. The van der Waals surface area contributed by atoms with Gasteiger partial charge >= 0.3 is 11.9 Å². The van der Waals surface area contributed by atoms with Crippen molar-refractivity contribution in [2.45, 2.75) is 25.7 Å². The SMILES string of the molecule is NC(=O)c1ccc(C(N)=O)cc1.O=C(O)CCCCC(=O)O. The number of primary amides is 2. The molecule has 0 radical (unpaired) electrons. The van der Waals surface area contributed by atoms with Crippen molar-refractivity contribution in [3.63, 3.8) is 0 Å². The number of rotatable bonds is 7. The van der Waals surface area contributed by atoms with Gasteiger partial charge in [0, 0.05) is 24.0 Å². The van der Waals surface area contributed by atoms with Crippen molar-refractivity contribution >= 4 is 23.8 Å². The second-order valence-electron chi connectivity index (χ2n) is 4.30. The molecule has 0 saturated carbocycles. The highest BCUT2D eigenvalue weighted by atomic mass is 16.4. The number of carbonyl (C=O) groups excluding carboxylic acids is 2. The fraction of sp³-hybridized carbons (Fsp3) is 0.286. The van der Waals surface area contributed by atoms with Crippen LogP contribution in [0.25, 0.3) is 0 Å². The van der Waals surface area contributed by atoms with Crippen LogP contribution in [0.15, 0.2) is 24.3 Å². The lowest BCUT2D eigenvalue weighted by Crippen LogP contribution is -2.13. The minimum atomic E-state index is -0.870. The largest absolute Gasteiger partial charge is 0.481 e. The Kier molecular flexibility index (Phi) is 8.61. The lowest BCUT2D eigenvalue weighted by atomic mass is 10.1. The fourth-order valence-electron chi connectivity index (χ4n) is 1.35. The van der Waals surface area contributed by atoms with Crippen LogP contribution in [-0.4, -0.2) is 34.0 Å². The summed E-state index contributed by atoms with van der Waals surface area (Å²) >= 11 is 0. The van der Waals surface area contributed by atoms with Gasteiger partial charge < -0.3 is 21.7 Å². The predicted molar refractivity (Wildman–Crippen MR) is 77.2 cm³/mol. The number of hydrogen-bond donors (Lipinski definition) is 4. The van der Waals surface area contributed by atoms with E-state index in [1.165, 1.54) is 24.3 Å². The average molecular weight is 310 g/mol. The molecule has 0 aliphatic carbocycles. The van der Waals surface area contributed by atoms with Crippen LogP contribution >= 0.6 is 0 Å². The summed E-state index contributed by atoms with van der Waals surface area (Å²) in [6.07, 6.45) is 1.02. The van der Waals surface area contributed by atoms with Gasteiger partial charge in [-0.15, -0.1) is 0 Å². The summed E-state index contributed by atoms with van der Waals surface area (Å²) in [5, 5.41) is 16.3. The number of unbranched alkanes of at least 4 members (excludes halogenated alkanes) is 1. The predicted octanol–water partition coefficient (Wildman–Crippen LogP) is 0.600. The van der Waals surface area contributed by atoms with E-state index in [-0.39, 0.29) is 12.8 Å². The lowest BCUT2D eigenvalue weighted by molar-refractivity contribution is -0.139. The smallest absolute Gasteiger partial charge is 0.303 e. The number of amides is 2. The molecule has 0 atom stereocenters. The second-order valence-corrected chi connectivity index (χ2v) is 4.30. The molecule has 120 valence electrons. The van der Waals surface area contributed by atoms with Crippen molar-refractivity contribution in [2.75, 3.05) is 0 Å². The molecule has 0 aliphatic rings. The maximum Gasteiger partial charge on any atom is 0.303 e. The molecule has 6 N–H and O–H groups in total. The summed E-state index contributed by atoms with van der Waals surface area (Å²) in [6.45, 7) is 0. The van der Waals surface area contributed by atoms with Gasteiger partial charge in [-0.05, 0) is 37.1 Å². The normalized spacial score (nSPS) is 9.27. The molecule has 1 rings (SSSR count). The number of carboxylic acids is 2. The van der Waals surface area contributed by atoms with Gasteiger partial charge in [-0.3, -0.25) is 19.2 Å². The first-order chi connectivity index (χ1) is 10.2. The minimum absolute atomic E-state index is 0.0628. The van der Waals surface area contributed by atoms with Crippen LogP contribution in [-0.2, 0) is 9.59 Å². The van der Waals surface area contributed by atoms with Gasteiger partial charge in [0.25, 0.3) is 0 Å². The Labute approximate surface area is 126 Å². The van der Waals surface area contributed by atoms with Gasteiger partial charge in [-0.25, -0.2) is 0 Å². The number of aliphatic carboxylic acids is 2. The Morgan fingerprint density at radius 2 is 1.00 bits per heavy atom. The molecule has 0 saturated heterocycles. The lowest BCUT2D eigenvalue weighted by Gasteiger charge is -1.96. The third kappa shape index (κ3) is 9.08. The summed E-state index contributed by atoms with van der Waals surface area (Å²) in [5.41, 5.74) is 10.7. The van der Waals surface area contributed by atoms with E-state index in [0.29, 0.717) is 24.0 Å². The number of hydrogen-bond acceptors (Lipinski definition) is 4. The standard InChI is InChI=1S/C8H8N2O2.C6H10O4/c9-7(11)5-1-2-6(4-3-5)8(10)12;7-5(8)3-1-2-4-6(9)10/h1-4H,(H2,9,11)(H2,10,12);1-4H2,(H,7,8)(H,9,10). The van der Waals surface area contributed by atoms with Gasteiger partial charge in [0.1, 0.15) is 0 Å². The highest BCUT2D eigenvalue weighted by Crippen LogP contribution is 2.02. The van der Waals surface area contributed by atoms with Crippen molar-refractivity contribution in [1.29, 1.82) is 0 Å². The van der Waals surface area contributed by atoms with Gasteiger partial charge in [0.05, 0.1) is 0 Å². The quantitative estimate of drug-likeness (QED) is 0.539. The van der Waals surface area contributed by atoms with Gasteiger partial charge in [-0.1, -0.05) is 0 Å². The molecule has 0 spiro atoms. The summed E-state index contributed by atoms with van der Waals surface area (Å²) in [7, 11) is 0. The first kappa shape index (κ1) is 19.1. The molecular weight excluding hydrogens is 292 g/mol. The Balaban J connectivity index is 0.000000409. The summed E-state index contributed by atoms with van der Waals surface area (Å²) < 4.78 is 0. The summed E-state index contributed by atoms with van der Waals surface area (Å²) in [6, 6.07) is 5.84. The molecule has 8 heteroatoms. The summed E-state index contributed by atoms with van der Waals surface area (Å²) in [5.74, 6) is -2.78. The maximum absolute atomic E-state index is 10.6. The molecule has 22 heavy (non-hydrogen) atoms. The van der Waals surface area contributed by atoms with Crippen LogP contribution in [0.2, 0.25) is 0 Å². The first-order valence-corrected chi connectivity index (χ1v) is 6.37. The Morgan fingerprint density at radius 3 is 1.18 bits per heavy atom.